The normalized spacial score (nSPS) is 11.3. The number of nitrogens with one attached hydrogen (secondary N) is 2. The zero-order valence-corrected chi connectivity index (χ0v) is 12.7. The third-order valence-electron chi connectivity index (χ3n) is 2.24. The molecule has 0 aliphatic rings. The summed E-state index contributed by atoms with van der Waals surface area (Å²) in [5.74, 6) is -0.942. The molecule has 0 spiro atoms. The van der Waals surface area contributed by atoms with E-state index >= 15 is 0 Å². The van der Waals surface area contributed by atoms with Gasteiger partial charge in [0.15, 0.2) is 0 Å². The first kappa shape index (κ1) is 17.8. The van der Waals surface area contributed by atoms with Crippen molar-refractivity contribution in [2.75, 3.05) is 20.3 Å². The van der Waals surface area contributed by atoms with E-state index in [1.807, 2.05) is 0 Å². The van der Waals surface area contributed by atoms with Gasteiger partial charge in [-0.15, -0.1) is 0 Å². The molecule has 0 heterocycles. The summed E-state index contributed by atoms with van der Waals surface area (Å²) in [5, 5.41) is 15.1. The molecule has 0 saturated carbocycles. The van der Waals surface area contributed by atoms with Crippen molar-refractivity contribution in [1.29, 1.82) is 0 Å². The van der Waals surface area contributed by atoms with Crippen molar-refractivity contribution in [3.8, 4) is 0 Å². The summed E-state index contributed by atoms with van der Waals surface area (Å²) in [6.07, 6.45) is 1.97. The second-order valence-electron chi connectivity index (χ2n) is 3.67. The van der Waals surface area contributed by atoms with E-state index in [1.165, 1.54) is 7.11 Å². The molecule has 1 atom stereocenters. The number of carbonyl (C=O) groups is 1. The molecule has 0 saturated heterocycles. The fraction of sp³-hybridized carbons (Fsp3) is 0.727. The Bertz CT molecular complexity index is 313. The van der Waals surface area contributed by atoms with Gasteiger partial charge in [-0.1, -0.05) is 0 Å². The zero-order chi connectivity index (χ0) is 14.7. The molecule has 0 aliphatic carbocycles. The Hall–Kier alpha value is -1.15. The molecular weight excluding hydrogens is 288 g/mol. The summed E-state index contributed by atoms with van der Waals surface area (Å²) >= 11 is 9.67. The maximum atomic E-state index is 11.0. The first-order valence-corrected chi connectivity index (χ1v) is 6.80. The maximum Gasteiger partial charge on any atom is 0.326 e. The van der Waals surface area contributed by atoms with Crippen LogP contribution in [0.25, 0.3) is 0 Å². The van der Waals surface area contributed by atoms with Crippen molar-refractivity contribution < 1.29 is 19.4 Å². The number of hydrogen-bond donors (Lipinski definition) is 3. The van der Waals surface area contributed by atoms with Gasteiger partial charge in [-0.2, -0.15) is 0 Å². The van der Waals surface area contributed by atoms with Gasteiger partial charge in [-0.25, -0.2) is 4.79 Å². The number of unbranched alkanes of at least 4 members (excludes halogenated alkanes) is 1. The highest BCUT2D eigenvalue weighted by Gasteiger charge is 2.18. The molecule has 0 radical (unpaired) electrons. The maximum absolute atomic E-state index is 11.0. The molecular formula is C11H20N2O4S2. The summed E-state index contributed by atoms with van der Waals surface area (Å²) in [5.41, 5.74) is 0. The van der Waals surface area contributed by atoms with Crippen molar-refractivity contribution >= 4 is 40.8 Å². The molecule has 0 aromatic carbocycles. The SMILES string of the molecule is CCOC(=S)NC(CCCCNC(=S)OC)C(=O)O. The Morgan fingerprint density at radius 2 is 2.00 bits per heavy atom. The molecule has 0 aromatic heterocycles. The third-order valence-corrected chi connectivity index (χ3v) is 2.79. The van der Waals surface area contributed by atoms with Crippen LogP contribution in [0.3, 0.4) is 0 Å². The number of carboxylic acid groups (broad SMARTS) is 1. The number of rotatable bonds is 8. The lowest BCUT2D eigenvalue weighted by Crippen LogP contribution is -2.41. The van der Waals surface area contributed by atoms with Gasteiger partial charge < -0.3 is 25.2 Å². The van der Waals surface area contributed by atoms with Crippen molar-refractivity contribution in [1.82, 2.24) is 10.6 Å². The van der Waals surface area contributed by atoms with Crippen LogP contribution in [0.1, 0.15) is 26.2 Å². The van der Waals surface area contributed by atoms with Gasteiger partial charge in [0.05, 0.1) is 13.7 Å². The van der Waals surface area contributed by atoms with E-state index in [4.69, 9.17) is 39.0 Å². The second-order valence-corrected chi connectivity index (χ2v) is 4.41. The summed E-state index contributed by atoms with van der Waals surface area (Å²) in [4.78, 5) is 11.0. The summed E-state index contributed by atoms with van der Waals surface area (Å²) < 4.78 is 9.78. The Kier molecular flexibility index (Phi) is 10.1. The van der Waals surface area contributed by atoms with Crippen molar-refractivity contribution in [3.63, 3.8) is 0 Å². The van der Waals surface area contributed by atoms with E-state index in [9.17, 15) is 4.79 Å². The van der Waals surface area contributed by atoms with Crippen LogP contribution in [-0.2, 0) is 14.3 Å². The number of methoxy groups -OCH3 is 1. The molecule has 0 fully saturated rings. The first-order valence-electron chi connectivity index (χ1n) is 5.99. The van der Waals surface area contributed by atoms with Crippen molar-refractivity contribution in [2.24, 2.45) is 0 Å². The number of thiocarbonyl (C=S) groups is 2. The number of aliphatic carboxylic acids is 1. The van der Waals surface area contributed by atoms with E-state index in [2.05, 4.69) is 10.6 Å². The van der Waals surface area contributed by atoms with Crippen LogP contribution in [0.4, 0.5) is 0 Å². The quantitative estimate of drug-likeness (QED) is 0.453. The second kappa shape index (κ2) is 10.7. The fourth-order valence-electron chi connectivity index (χ4n) is 1.31. The molecule has 0 rings (SSSR count). The Morgan fingerprint density at radius 3 is 2.53 bits per heavy atom. The van der Waals surface area contributed by atoms with Crippen LogP contribution in [0.2, 0.25) is 0 Å². The highest BCUT2D eigenvalue weighted by atomic mass is 32.1. The minimum Gasteiger partial charge on any atom is -0.480 e. The zero-order valence-electron chi connectivity index (χ0n) is 11.1. The Morgan fingerprint density at radius 1 is 1.32 bits per heavy atom. The van der Waals surface area contributed by atoms with Crippen LogP contribution in [0.15, 0.2) is 0 Å². The smallest absolute Gasteiger partial charge is 0.326 e. The minimum atomic E-state index is -0.942. The Labute approximate surface area is 123 Å². The standard InChI is InChI=1S/C11H20N2O4S2/c1-3-17-11(19)13-8(9(14)15)6-4-5-7-12-10(18)16-2/h8H,3-7H2,1-2H3,(H,12,18)(H,13,19)(H,14,15). The monoisotopic (exact) mass is 308 g/mol. The van der Waals surface area contributed by atoms with E-state index in [0.717, 1.165) is 12.8 Å². The number of carboxylic acids is 1. The lowest BCUT2D eigenvalue weighted by atomic mass is 10.1. The molecule has 8 heteroatoms. The molecule has 6 nitrogen and oxygen atoms in total. The van der Waals surface area contributed by atoms with E-state index < -0.39 is 12.0 Å². The van der Waals surface area contributed by atoms with Crippen LogP contribution < -0.4 is 10.6 Å². The predicted octanol–water partition coefficient (Wildman–Crippen LogP) is 1.04. The van der Waals surface area contributed by atoms with Gasteiger partial charge in [0.1, 0.15) is 6.04 Å². The molecule has 0 aliphatic heterocycles. The van der Waals surface area contributed by atoms with E-state index in [0.29, 0.717) is 24.7 Å². The third kappa shape index (κ3) is 9.43. The summed E-state index contributed by atoms with van der Waals surface area (Å²) in [6.45, 7) is 2.85. The number of hydrogen-bond acceptors (Lipinski definition) is 5. The van der Waals surface area contributed by atoms with Gasteiger partial charge >= 0.3 is 5.97 Å². The molecule has 110 valence electrons. The lowest BCUT2D eigenvalue weighted by molar-refractivity contribution is -0.139. The number of ether oxygens (including phenoxy) is 2. The highest BCUT2D eigenvalue weighted by Crippen LogP contribution is 2.02. The Balaban J connectivity index is 3.86. The molecule has 19 heavy (non-hydrogen) atoms. The van der Waals surface area contributed by atoms with Crippen LogP contribution in [0, 0.1) is 0 Å². The lowest BCUT2D eigenvalue weighted by Gasteiger charge is -2.16. The molecule has 0 bridgehead atoms. The van der Waals surface area contributed by atoms with Crippen LogP contribution in [0.5, 0.6) is 0 Å². The van der Waals surface area contributed by atoms with Gasteiger partial charge in [0.25, 0.3) is 10.3 Å². The topological polar surface area (TPSA) is 79.8 Å². The van der Waals surface area contributed by atoms with Gasteiger partial charge in [-0.3, -0.25) is 0 Å². The molecule has 0 amide bonds. The van der Waals surface area contributed by atoms with Crippen molar-refractivity contribution in [2.45, 2.75) is 32.2 Å². The van der Waals surface area contributed by atoms with Crippen LogP contribution in [-0.4, -0.2) is 47.7 Å². The average molecular weight is 308 g/mol. The highest BCUT2D eigenvalue weighted by molar-refractivity contribution is 7.80. The molecule has 3 N–H and O–H groups in total. The summed E-state index contributed by atoms with van der Waals surface area (Å²) in [7, 11) is 1.49. The fourth-order valence-corrected chi connectivity index (χ4v) is 1.67. The van der Waals surface area contributed by atoms with Gasteiger partial charge in [0.2, 0.25) is 0 Å². The van der Waals surface area contributed by atoms with Crippen molar-refractivity contribution in [3.05, 3.63) is 0 Å². The first-order chi connectivity index (χ1) is 9.01. The van der Waals surface area contributed by atoms with Gasteiger partial charge in [0, 0.05) is 6.54 Å². The molecule has 0 aromatic rings. The molecule has 1 unspecified atom stereocenters. The predicted molar refractivity (Wildman–Crippen MR) is 80.2 cm³/mol. The van der Waals surface area contributed by atoms with E-state index in [-0.39, 0.29) is 5.17 Å². The summed E-state index contributed by atoms with van der Waals surface area (Å²) in [6, 6.07) is -0.728. The van der Waals surface area contributed by atoms with Gasteiger partial charge in [-0.05, 0) is 50.6 Å². The minimum absolute atomic E-state index is 0.119. The average Bonchev–Trinajstić information content (AvgIpc) is 2.36. The largest absolute Gasteiger partial charge is 0.480 e. The van der Waals surface area contributed by atoms with Crippen LogP contribution >= 0.6 is 24.4 Å². The van der Waals surface area contributed by atoms with E-state index in [1.54, 1.807) is 6.92 Å².